The summed E-state index contributed by atoms with van der Waals surface area (Å²) in [5.74, 6) is 0.641. The van der Waals surface area contributed by atoms with Crippen LogP contribution in [0, 0.1) is 0 Å². The van der Waals surface area contributed by atoms with Gasteiger partial charge in [-0.3, -0.25) is 4.72 Å². The lowest BCUT2D eigenvalue weighted by atomic mass is 10.2. The van der Waals surface area contributed by atoms with E-state index in [1.807, 2.05) is 49.4 Å². The van der Waals surface area contributed by atoms with Crippen LogP contribution in [-0.4, -0.2) is 15.0 Å². The molecule has 26 heavy (non-hydrogen) atoms. The summed E-state index contributed by atoms with van der Waals surface area (Å²) in [6.45, 7) is 2.41. The monoisotopic (exact) mass is 368 g/mol. The summed E-state index contributed by atoms with van der Waals surface area (Å²) in [6.07, 6.45) is 0. The van der Waals surface area contributed by atoms with Gasteiger partial charge in [-0.15, -0.1) is 0 Å². The Morgan fingerprint density at radius 2 is 1.35 bits per heavy atom. The molecule has 0 aliphatic carbocycles. The average molecular weight is 368 g/mol. The van der Waals surface area contributed by atoms with E-state index in [9.17, 15) is 8.42 Å². The van der Waals surface area contributed by atoms with Crippen LogP contribution in [0.15, 0.2) is 83.8 Å². The number of para-hydroxylation sites is 1. The maximum absolute atomic E-state index is 12.5. The van der Waals surface area contributed by atoms with Gasteiger partial charge in [0.2, 0.25) is 0 Å². The molecule has 0 saturated carbocycles. The second-order valence-corrected chi connectivity index (χ2v) is 7.26. The first-order valence-electron chi connectivity index (χ1n) is 8.24. The first-order chi connectivity index (χ1) is 12.6. The second-order valence-electron chi connectivity index (χ2n) is 5.58. The van der Waals surface area contributed by atoms with Crippen LogP contribution >= 0.6 is 0 Å². The number of hydrogen-bond acceptors (Lipinski definition) is 4. The lowest BCUT2D eigenvalue weighted by molar-refractivity contribution is 0.340. The summed E-state index contributed by atoms with van der Waals surface area (Å²) in [5, 5.41) is 3.25. The molecule has 0 unspecified atom stereocenters. The minimum Gasteiger partial charge on any atom is -0.494 e. The van der Waals surface area contributed by atoms with Crippen LogP contribution in [0.5, 0.6) is 5.75 Å². The highest BCUT2D eigenvalue weighted by Gasteiger charge is 2.14. The zero-order chi connectivity index (χ0) is 18.4. The van der Waals surface area contributed by atoms with Crippen molar-refractivity contribution in [2.45, 2.75) is 11.8 Å². The van der Waals surface area contributed by atoms with Crippen LogP contribution in [-0.2, 0) is 10.0 Å². The number of hydrogen-bond donors (Lipinski definition) is 2. The van der Waals surface area contributed by atoms with E-state index in [1.54, 1.807) is 24.3 Å². The molecule has 0 heterocycles. The third-order valence-corrected chi connectivity index (χ3v) is 5.04. The number of benzene rings is 3. The summed E-state index contributed by atoms with van der Waals surface area (Å²) in [5.41, 5.74) is 2.34. The third kappa shape index (κ3) is 4.55. The van der Waals surface area contributed by atoms with E-state index in [4.69, 9.17) is 4.74 Å². The standard InChI is InChI=1S/C20H20N2O3S/c1-2-25-19-12-14-20(15-13-19)26(23,24)22-18-10-8-17(9-11-18)21-16-6-4-3-5-7-16/h3-15,21-22H,2H2,1H3. The second kappa shape index (κ2) is 7.93. The highest BCUT2D eigenvalue weighted by molar-refractivity contribution is 7.92. The zero-order valence-corrected chi connectivity index (χ0v) is 15.2. The molecule has 3 aromatic carbocycles. The van der Waals surface area contributed by atoms with Gasteiger partial charge in [0.05, 0.1) is 11.5 Å². The van der Waals surface area contributed by atoms with Crippen molar-refractivity contribution in [3.05, 3.63) is 78.9 Å². The predicted molar refractivity (Wildman–Crippen MR) is 105 cm³/mol. The van der Waals surface area contributed by atoms with Crippen molar-refractivity contribution in [2.75, 3.05) is 16.6 Å². The number of nitrogens with one attached hydrogen (secondary N) is 2. The molecule has 0 aromatic heterocycles. The molecule has 3 aromatic rings. The Labute approximate surface area is 153 Å². The predicted octanol–water partition coefficient (Wildman–Crippen LogP) is 4.63. The lowest BCUT2D eigenvalue weighted by Gasteiger charge is -2.11. The van der Waals surface area contributed by atoms with E-state index < -0.39 is 10.0 Å². The third-order valence-electron chi connectivity index (χ3n) is 3.64. The first-order valence-corrected chi connectivity index (χ1v) is 9.73. The molecule has 0 radical (unpaired) electrons. The van der Waals surface area contributed by atoms with E-state index in [0.29, 0.717) is 18.0 Å². The SMILES string of the molecule is CCOc1ccc(S(=O)(=O)Nc2ccc(Nc3ccccc3)cc2)cc1. The molecule has 2 N–H and O–H groups in total. The summed E-state index contributed by atoms with van der Waals surface area (Å²) < 4.78 is 32.9. The Balaban J connectivity index is 1.69. The van der Waals surface area contributed by atoms with E-state index in [2.05, 4.69) is 10.0 Å². The minimum absolute atomic E-state index is 0.187. The minimum atomic E-state index is -3.64. The summed E-state index contributed by atoms with van der Waals surface area (Å²) in [4.78, 5) is 0.187. The van der Waals surface area contributed by atoms with E-state index in [-0.39, 0.29) is 4.90 Å². The molecule has 3 rings (SSSR count). The molecule has 5 nitrogen and oxygen atoms in total. The fourth-order valence-electron chi connectivity index (χ4n) is 2.41. The summed E-state index contributed by atoms with van der Waals surface area (Å²) in [7, 11) is -3.64. The van der Waals surface area contributed by atoms with Gasteiger partial charge < -0.3 is 10.1 Å². The maximum Gasteiger partial charge on any atom is 0.261 e. The highest BCUT2D eigenvalue weighted by atomic mass is 32.2. The van der Waals surface area contributed by atoms with E-state index in [1.165, 1.54) is 12.1 Å². The van der Waals surface area contributed by atoms with Gasteiger partial charge in [0.15, 0.2) is 0 Å². The molecular formula is C20H20N2O3S. The Morgan fingerprint density at radius 3 is 1.96 bits per heavy atom. The van der Waals surface area contributed by atoms with E-state index in [0.717, 1.165) is 11.4 Å². The molecule has 0 amide bonds. The van der Waals surface area contributed by atoms with Crippen LogP contribution in [0.2, 0.25) is 0 Å². The Morgan fingerprint density at radius 1 is 0.769 bits per heavy atom. The molecule has 6 heteroatoms. The highest BCUT2D eigenvalue weighted by Crippen LogP contribution is 2.22. The Hall–Kier alpha value is -2.99. The van der Waals surface area contributed by atoms with E-state index >= 15 is 0 Å². The van der Waals surface area contributed by atoms with Crippen LogP contribution in [0.1, 0.15) is 6.92 Å². The van der Waals surface area contributed by atoms with Crippen LogP contribution in [0.3, 0.4) is 0 Å². The number of rotatable bonds is 7. The van der Waals surface area contributed by atoms with Gasteiger partial charge in [0.1, 0.15) is 5.75 Å². The van der Waals surface area contributed by atoms with Gasteiger partial charge in [-0.25, -0.2) is 8.42 Å². The molecule has 0 saturated heterocycles. The van der Waals surface area contributed by atoms with Crippen molar-refractivity contribution >= 4 is 27.1 Å². The van der Waals surface area contributed by atoms with Gasteiger partial charge in [0.25, 0.3) is 10.0 Å². The van der Waals surface area contributed by atoms with Gasteiger partial charge >= 0.3 is 0 Å². The van der Waals surface area contributed by atoms with Crippen LogP contribution < -0.4 is 14.8 Å². The van der Waals surface area contributed by atoms with Crippen molar-refractivity contribution in [2.24, 2.45) is 0 Å². The molecular weight excluding hydrogens is 348 g/mol. The van der Waals surface area contributed by atoms with Gasteiger partial charge in [-0.2, -0.15) is 0 Å². The fraction of sp³-hybridized carbons (Fsp3) is 0.100. The molecule has 0 atom stereocenters. The molecule has 134 valence electrons. The quantitative estimate of drug-likeness (QED) is 0.638. The fourth-order valence-corrected chi connectivity index (χ4v) is 3.46. The number of anilines is 3. The molecule has 0 bridgehead atoms. The molecule has 0 spiro atoms. The first kappa shape index (κ1) is 17.8. The largest absolute Gasteiger partial charge is 0.494 e. The summed E-state index contributed by atoms with van der Waals surface area (Å²) in [6, 6.07) is 23.2. The Bertz CT molecular complexity index is 939. The van der Waals surface area contributed by atoms with Crippen LogP contribution in [0.4, 0.5) is 17.1 Å². The topological polar surface area (TPSA) is 67.4 Å². The zero-order valence-electron chi connectivity index (χ0n) is 14.3. The van der Waals surface area contributed by atoms with Crippen molar-refractivity contribution < 1.29 is 13.2 Å². The smallest absolute Gasteiger partial charge is 0.261 e. The van der Waals surface area contributed by atoms with Crippen molar-refractivity contribution in [1.82, 2.24) is 0 Å². The normalized spacial score (nSPS) is 11.0. The number of ether oxygens (including phenoxy) is 1. The lowest BCUT2D eigenvalue weighted by Crippen LogP contribution is -2.12. The van der Waals surface area contributed by atoms with Gasteiger partial charge in [-0.05, 0) is 67.6 Å². The van der Waals surface area contributed by atoms with Crippen molar-refractivity contribution in [1.29, 1.82) is 0 Å². The average Bonchev–Trinajstić information content (AvgIpc) is 2.65. The van der Waals surface area contributed by atoms with Crippen molar-refractivity contribution in [3.8, 4) is 5.75 Å². The Kier molecular flexibility index (Phi) is 5.43. The van der Waals surface area contributed by atoms with Crippen LogP contribution in [0.25, 0.3) is 0 Å². The van der Waals surface area contributed by atoms with Gasteiger partial charge in [0, 0.05) is 17.1 Å². The summed E-state index contributed by atoms with van der Waals surface area (Å²) >= 11 is 0. The number of sulfonamides is 1. The maximum atomic E-state index is 12.5. The molecule has 0 aliphatic rings. The molecule has 0 fully saturated rings. The van der Waals surface area contributed by atoms with Crippen molar-refractivity contribution in [3.63, 3.8) is 0 Å². The van der Waals surface area contributed by atoms with Gasteiger partial charge in [-0.1, -0.05) is 18.2 Å². The molecule has 0 aliphatic heterocycles.